The van der Waals surface area contributed by atoms with Crippen molar-refractivity contribution in [2.45, 2.75) is 95.8 Å². The molecule has 3 aliphatic rings. The first kappa shape index (κ1) is 23.8. The van der Waals surface area contributed by atoms with Crippen molar-refractivity contribution in [2.24, 2.45) is 5.92 Å². The van der Waals surface area contributed by atoms with Gasteiger partial charge in [0, 0.05) is 37.0 Å². The SMILES string of the molecule is C[C@H](CCC(F)F)N[C@H]1CCCC[C@@H]1Cc1ccc2c(c1)CN(C1CCC(=O)NC1=O)C2=O. The van der Waals surface area contributed by atoms with E-state index in [0.717, 1.165) is 36.8 Å². The van der Waals surface area contributed by atoms with E-state index in [4.69, 9.17) is 0 Å². The van der Waals surface area contributed by atoms with E-state index >= 15 is 0 Å². The Morgan fingerprint density at radius 3 is 2.67 bits per heavy atom. The largest absolute Gasteiger partial charge is 0.322 e. The number of nitrogens with one attached hydrogen (secondary N) is 2. The minimum atomic E-state index is -2.26. The molecule has 1 saturated carbocycles. The molecule has 0 aromatic heterocycles. The summed E-state index contributed by atoms with van der Waals surface area (Å²) in [4.78, 5) is 38.2. The molecular weight excluding hydrogens is 428 g/mol. The first-order chi connectivity index (χ1) is 15.8. The smallest absolute Gasteiger partial charge is 0.255 e. The molecule has 1 aromatic rings. The van der Waals surface area contributed by atoms with Gasteiger partial charge >= 0.3 is 0 Å². The number of imide groups is 1. The Morgan fingerprint density at radius 1 is 1.12 bits per heavy atom. The highest BCUT2D eigenvalue weighted by Gasteiger charge is 2.39. The third-order valence-corrected chi connectivity index (χ3v) is 7.31. The van der Waals surface area contributed by atoms with Crippen molar-refractivity contribution in [3.63, 3.8) is 0 Å². The Hall–Kier alpha value is -2.35. The molecule has 0 radical (unpaired) electrons. The molecule has 33 heavy (non-hydrogen) atoms. The van der Waals surface area contributed by atoms with Crippen LogP contribution in [-0.4, -0.2) is 47.2 Å². The van der Waals surface area contributed by atoms with Crippen LogP contribution in [0, 0.1) is 5.92 Å². The van der Waals surface area contributed by atoms with Crippen LogP contribution in [0.1, 0.15) is 79.8 Å². The number of nitrogens with zero attached hydrogens (tertiary/aromatic N) is 1. The molecule has 1 saturated heterocycles. The van der Waals surface area contributed by atoms with Gasteiger partial charge in [0.2, 0.25) is 18.2 Å². The van der Waals surface area contributed by atoms with Gasteiger partial charge in [-0.3, -0.25) is 19.7 Å². The van der Waals surface area contributed by atoms with Crippen LogP contribution in [0.5, 0.6) is 0 Å². The molecule has 2 fully saturated rings. The molecular formula is C25H33F2N3O3. The van der Waals surface area contributed by atoms with Crippen molar-refractivity contribution < 1.29 is 23.2 Å². The Morgan fingerprint density at radius 2 is 1.91 bits per heavy atom. The molecule has 0 spiro atoms. The Bertz CT molecular complexity index is 907. The maximum atomic E-state index is 12.9. The molecule has 2 N–H and O–H groups in total. The van der Waals surface area contributed by atoms with Crippen LogP contribution in [-0.2, 0) is 22.6 Å². The van der Waals surface area contributed by atoms with Crippen molar-refractivity contribution in [1.82, 2.24) is 15.5 Å². The van der Waals surface area contributed by atoms with Crippen molar-refractivity contribution in [2.75, 3.05) is 0 Å². The number of alkyl halides is 2. The van der Waals surface area contributed by atoms with E-state index < -0.39 is 18.4 Å². The maximum absolute atomic E-state index is 12.9. The first-order valence-electron chi connectivity index (χ1n) is 12.1. The molecule has 2 heterocycles. The average Bonchev–Trinajstić information content (AvgIpc) is 3.09. The fourth-order valence-corrected chi connectivity index (χ4v) is 5.55. The number of carbonyl (C=O) groups excluding carboxylic acids is 3. The van der Waals surface area contributed by atoms with Gasteiger partial charge in [-0.2, -0.15) is 0 Å². The summed E-state index contributed by atoms with van der Waals surface area (Å²) < 4.78 is 25.1. The molecule has 180 valence electrons. The van der Waals surface area contributed by atoms with Crippen LogP contribution in [0.4, 0.5) is 8.78 Å². The number of halogens is 2. The topological polar surface area (TPSA) is 78.5 Å². The highest BCUT2D eigenvalue weighted by atomic mass is 19.3. The van der Waals surface area contributed by atoms with E-state index in [-0.39, 0.29) is 30.7 Å². The zero-order chi connectivity index (χ0) is 23.5. The minimum Gasteiger partial charge on any atom is -0.322 e. The molecule has 4 rings (SSSR count). The lowest BCUT2D eigenvalue weighted by Crippen LogP contribution is -2.52. The van der Waals surface area contributed by atoms with E-state index in [2.05, 4.69) is 16.7 Å². The highest BCUT2D eigenvalue weighted by Crippen LogP contribution is 2.32. The van der Waals surface area contributed by atoms with Gasteiger partial charge in [-0.15, -0.1) is 0 Å². The van der Waals surface area contributed by atoms with Gasteiger partial charge in [0.25, 0.3) is 5.91 Å². The van der Waals surface area contributed by atoms with Gasteiger partial charge < -0.3 is 10.2 Å². The van der Waals surface area contributed by atoms with Crippen LogP contribution < -0.4 is 10.6 Å². The number of amides is 3. The van der Waals surface area contributed by atoms with Crippen LogP contribution in [0.3, 0.4) is 0 Å². The summed E-state index contributed by atoms with van der Waals surface area (Å²) in [5.74, 6) is -0.420. The number of carbonyl (C=O) groups is 3. The summed E-state index contributed by atoms with van der Waals surface area (Å²) in [6.07, 6.45) is 4.07. The molecule has 4 atom stereocenters. The van der Waals surface area contributed by atoms with Crippen molar-refractivity contribution in [3.8, 4) is 0 Å². The Labute approximate surface area is 193 Å². The normalized spacial score (nSPS) is 26.5. The van der Waals surface area contributed by atoms with Gasteiger partial charge in [0.1, 0.15) is 6.04 Å². The van der Waals surface area contributed by atoms with Gasteiger partial charge in [-0.25, -0.2) is 8.78 Å². The first-order valence-corrected chi connectivity index (χ1v) is 12.1. The molecule has 0 bridgehead atoms. The van der Waals surface area contributed by atoms with Crippen molar-refractivity contribution in [3.05, 3.63) is 34.9 Å². The fraction of sp³-hybridized carbons (Fsp3) is 0.640. The second-order valence-corrected chi connectivity index (χ2v) is 9.78. The number of hydrogen-bond acceptors (Lipinski definition) is 4. The van der Waals surface area contributed by atoms with Crippen molar-refractivity contribution >= 4 is 17.7 Å². The second-order valence-electron chi connectivity index (χ2n) is 9.78. The van der Waals surface area contributed by atoms with Gasteiger partial charge in [0.05, 0.1) is 0 Å². The number of rotatable bonds is 8. The van der Waals surface area contributed by atoms with Gasteiger partial charge in [-0.05, 0) is 62.1 Å². The quantitative estimate of drug-likeness (QED) is 0.580. The number of fused-ring (bicyclic) bond motifs is 1. The third-order valence-electron chi connectivity index (χ3n) is 7.31. The summed E-state index contributed by atoms with van der Waals surface area (Å²) in [5.41, 5.74) is 2.71. The predicted molar refractivity (Wildman–Crippen MR) is 120 cm³/mol. The van der Waals surface area contributed by atoms with E-state index in [9.17, 15) is 23.2 Å². The zero-order valence-corrected chi connectivity index (χ0v) is 19.1. The third kappa shape index (κ3) is 5.60. The highest BCUT2D eigenvalue weighted by molar-refractivity contribution is 6.05. The summed E-state index contributed by atoms with van der Waals surface area (Å²) in [6, 6.07) is 5.69. The molecule has 3 amide bonds. The molecule has 1 unspecified atom stereocenters. The van der Waals surface area contributed by atoms with Gasteiger partial charge in [0.15, 0.2) is 0 Å². The number of benzene rings is 1. The summed E-state index contributed by atoms with van der Waals surface area (Å²) >= 11 is 0. The van der Waals surface area contributed by atoms with E-state index in [1.165, 1.54) is 6.42 Å². The fourth-order valence-electron chi connectivity index (χ4n) is 5.55. The minimum absolute atomic E-state index is 0.0596. The molecule has 6 nitrogen and oxygen atoms in total. The van der Waals surface area contributed by atoms with E-state index in [0.29, 0.717) is 36.9 Å². The van der Waals surface area contributed by atoms with Crippen LogP contribution in [0.15, 0.2) is 18.2 Å². The molecule has 2 aliphatic heterocycles. The zero-order valence-electron chi connectivity index (χ0n) is 19.1. The van der Waals surface area contributed by atoms with Crippen LogP contribution in [0.2, 0.25) is 0 Å². The number of hydrogen-bond donors (Lipinski definition) is 2. The molecule has 8 heteroatoms. The Balaban J connectivity index is 1.40. The Kier molecular flexibility index (Phi) is 7.41. The molecule has 1 aromatic carbocycles. The van der Waals surface area contributed by atoms with Crippen molar-refractivity contribution in [1.29, 1.82) is 0 Å². The lowest BCUT2D eigenvalue weighted by Gasteiger charge is -2.35. The number of piperidine rings is 1. The summed E-state index contributed by atoms with van der Waals surface area (Å²) in [5, 5.41) is 5.93. The standard InChI is InChI=1S/C25H33F2N3O3/c1-15(6-10-22(26)27)28-20-5-3-2-4-17(20)12-16-7-8-19-18(13-16)14-30(25(19)33)21-9-11-23(31)29-24(21)32/h7-8,13,15,17,20-22,28H,2-6,9-12,14H2,1H3,(H,29,31,32)/t15-,17-,20+,21?/m1/s1. The lowest BCUT2D eigenvalue weighted by molar-refractivity contribution is -0.136. The summed E-state index contributed by atoms with van der Waals surface area (Å²) in [7, 11) is 0. The predicted octanol–water partition coefficient (Wildman–Crippen LogP) is 3.57. The average molecular weight is 462 g/mol. The monoisotopic (exact) mass is 461 g/mol. The maximum Gasteiger partial charge on any atom is 0.255 e. The second kappa shape index (κ2) is 10.3. The molecule has 1 aliphatic carbocycles. The van der Waals surface area contributed by atoms with E-state index in [1.807, 2.05) is 19.1 Å². The summed E-state index contributed by atoms with van der Waals surface area (Å²) in [6.45, 7) is 2.36. The van der Waals surface area contributed by atoms with E-state index in [1.54, 1.807) is 4.90 Å². The lowest BCUT2D eigenvalue weighted by atomic mass is 9.80. The van der Waals surface area contributed by atoms with Crippen LogP contribution >= 0.6 is 0 Å². The van der Waals surface area contributed by atoms with Gasteiger partial charge in [-0.1, -0.05) is 25.0 Å². The van der Waals surface area contributed by atoms with Crippen LogP contribution in [0.25, 0.3) is 0 Å².